The Morgan fingerprint density at radius 3 is 2.16 bits per heavy atom. The lowest BCUT2D eigenvalue weighted by Gasteiger charge is -2.09. The monoisotopic (exact) mass is 363 g/mol. The number of rotatable bonds is 7. The van der Waals surface area contributed by atoms with E-state index in [1.807, 2.05) is 0 Å². The molecule has 0 saturated heterocycles. The smallest absolute Gasteiger partial charge is 0.248 e. The maximum atomic E-state index is 12.1. The summed E-state index contributed by atoms with van der Waals surface area (Å²) in [4.78, 5) is 22.9. The van der Waals surface area contributed by atoms with Gasteiger partial charge in [-0.1, -0.05) is 0 Å². The Labute approximate surface area is 145 Å². The zero-order valence-electron chi connectivity index (χ0n) is 13.4. The molecule has 25 heavy (non-hydrogen) atoms. The fourth-order valence-corrected chi connectivity index (χ4v) is 2.90. The molecule has 0 aliphatic rings. The van der Waals surface area contributed by atoms with Crippen LogP contribution in [0.2, 0.25) is 0 Å². The average molecular weight is 363 g/mol. The third kappa shape index (κ3) is 5.03. The molecule has 9 heteroatoms. The van der Waals surface area contributed by atoms with E-state index in [1.54, 1.807) is 0 Å². The zero-order chi connectivity index (χ0) is 18.4. The Kier molecular flexibility index (Phi) is 5.73. The van der Waals surface area contributed by atoms with Crippen molar-refractivity contribution >= 4 is 27.5 Å². The Balaban J connectivity index is 1.94. The number of ether oxygens (including phenoxy) is 1. The van der Waals surface area contributed by atoms with Crippen molar-refractivity contribution < 1.29 is 22.7 Å². The van der Waals surface area contributed by atoms with Crippen LogP contribution >= 0.6 is 0 Å². The number of anilines is 1. The Hall–Kier alpha value is -2.91. The third-order valence-electron chi connectivity index (χ3n) is 3.25. The van der Waals surface area contributed by atoms with Crippen LogP contribution in [-0.2, 0) is 14.8 Å². The normalized spacial score (nSPS) is 10.9. The lowest BCUT2D eigenvalue weighted by molar-refractivity contribution is -0.115. The fraction of sp³-hybridized carbons (Fsp3) is 0.125. The summed E-state index contributed by atoms with van der Waals surface area (Å²) in [6.07, 6.45) is 0. The number of nitrogens with two attached hydrogens (primary N) is 1. The van der Waals surface area contributed by atoms with Gasteiger partial charge in [0.15, 0.2) is 0 Å². The van der Waals surface area contributed by atoms with E-state index in [0.717, 1.165) is 0 Å². The number of hydrogen-bond acceptors (Lipinski definition) is 5. The maximum absolute atomic E-state index is 12.1. The van der Waals surface area contributed by atoms with Crippen molar-refractivity contribution in [1.82, 2.24) is 4.72 Å². The molecule has 0 unspecified atom stereocenters. The van der Waals surface area contributed by atoms with Crippen LogP contribution in [0.3, 0.4) is 0 Å². The quantitative estimate of drug-likeness (QED) is 0.667. The van der Waals surface area contributed by atoms with Gasteiger partial charge in [0.05, 0.1) is 18.6 Å². The standard InChI is InChI=1S/C16H17N3O5S/c1-24-13-6-8-14(9-7-13)25(22,23)18-10-15(20)19-12-4-2-11(3-5-12)16(17)21/h2-9,18H,10H2,1H3,(H2,17,21)(H,19,20). The molecule has 0 heterocycles. The third-order valence-corrected chi connectivity index (χ3v) is 4.66. The summed E-state index contributed by atoms with van der Waals surface area (Å²) in [6.45, 7) is -0.439. The molecule has 0 bridgehead atoms. The molecular weight excluding hydrogens is 346 g/mol. The molecule has 4 N–H and O–H groups in total. The number of carbonyl (C=O) groups excluding carboxylic acids is 2. The van der Waals surface area contributed by atoms with Gasteiger partial charge in [0, 0.05) is 11.3 Å². The predicted molar refractivity (Wildman–Crippen MR) is 91.8 cm³/mol. The number of carbonyl (C=O) groups is 2. The van der Waals surface area contributed by atoms with Crippen LogP contribution < -0.4 is 20.5 Å². The van der Waals surface area contributed by atoms with Gasteiger partial charge in [-0.2, -0.15) is 0 Å². The second kappa shape index (κ2) is 7.77. The Morgan fingerprint density at radius 2 is 1.64 bits per heavy atom. The second-order valence-corrected chi connectivity index (χ2v) is 6.76. The summed E-state index contributed by atoms with van der Waals surface area (Å²) in [7, 11) is -2.34. The SMILES string of the molecule is COc1ccc(S(=O)(=O)NCC(=O)Nc2ccc(C(N)=O)cc2)cc1. The molecule has 0 saturated carbocycles. The fourth-order valence-electron chi connectivity index (χ4n) is 1.92. The van der Waals surface area contributed by atoms with E-state index < -0.39 is 28.4 Å². The molecular formula is C16H17N3O5S. The molecule has 8 nitrogen and oxygen atoms in total. The number of nitrogens with one attached hydrogen (secondary N) is 2. The van der Waals surface area contributed by atoms with Gasteiger partial charge in [-0.3, -0.25) is 9.59 Å². The summed E-state index contributed by atoms with van der Waals surface area (Å²) >= 11 is 0. The zero-order valence-corrected chi connectivity index (χ0v) is 14.2. The lowest BCUT2D eigenvalue weighted by Crippen LogP contribution is -2.32. The van der Waals surface area contributed by atoms with Gasteiger partial charge in [-0.25, -0.2) is 13.1 Å². The first-order valence-corrected chi connectivity index (χ1v) is 8.63. The Morgan fingerprint density at radius 1 is 1.04 bits per heavy atom. The molecule has 0 spiro atoms. The molecule has 2 aromatic rings. The van der Waals surface area contributed by atoms with Crippen LogP contribution in [-0.4, -0.2) is 33.9 Å². The van der Waals surface area contributed by atoms with Crippen LogP contribution in [0, 0.1) is 0 Å². The van der Waals surface area contributed by atoms with Crippen molar-refractivity contribution in [3.63, 3.8) is 0 Å². The molecule has 132 valence electrons. The first kappa shape index (κ1) is 18.4. The van der Waals surface area contributed by atoms with Crippen LogP contribution in [0.4, 0.5) is 5.69 Å². The highest BCUT2D eigenvalue weighted by atomic mass is 32.2. The van der Waals surface area contributed by atoms with Gasteiger partial charge < -0.3 is 15.8 Å². The van der Waals surface area contributed by atoms with Crippen LogP contribution in [0.5, 0.6) is 5.75 Å². The van der Waals surface area contributed by atoms with Gasteiger partial charge in [0.25, 0.3) is 0 Å². The summed E-state index contributed by atoms with van der Waals surface area (Å²) in [5.74, 6) is -0.606. The molecule has 0 aromatic heterocycles. The van der Waals surface area contributed by atoms with Crippen molar-refractivity contribution in [3.8, 4) is 5.75 Å². The molecule has 2 aromatic carbocycles. The van der Waals surface area contributed by atoms with Gasteiger partial charge in [0.1, 0.15) is 5.75 Å². The molecule has 0 aliphatic carbocycles. The number of methoxy groups -OCH3 is 1. The number of amides is 2. The van der Waals surface area contributed by atoms with Crippen LogP contribution in [0.25, 0.3) is 0 Å². The predicted octanol–water partition coefficient (Wildman–Crippen LogP) is 0.711. The summed E-state index contributed by atoms with van der Waals surface area (Å²) in [5.41, 5.74) is 5.84. The van der Waals surface area contributed by atoms with Crippen LogP contribution in [0.15, 0.2) is 53.4 Å². The van der Waals surface area contributed by atoms with Crippen molar-refractivity contribution in [1.29, 1.82) is 0 Å². The minimum atomic E-state index is -3.82. The van der Waals surface area contributed by atoms with E-state index >= 15 is 0 Å². The van der Waals surface area contributed by atoms with Gasteiger partial charge >= 0.3 is 0 Å². The van der Waals surface area contributed by atoms with E-state index in [-0.39, 0.29) is 4.90 Å². The number of hydrogen-bond donors (Lipinski definition) is 3. The molecule has 2 rings (SSSR count). The van der Waals surface area contributed by atoms with Gasteiger partial charge in [-0.15, -0.1) is 0 Å². The van der Waals surface area contributed by atoms with E-state index in [9.17, 15) is 18.0 Å². The minimum absolute atomic E-state index is 0.0203. The van der Waals surface area contributed by atoms with Crippen molar-refractivity contribution in [3.05, 3.63) is 54.1 Å². The highest BCUT2D eigenvalue weighted by Crippen LogP contribution is 2.15. The molecule has 0 atom stereocenters. The molecule has 0 radical (unpaired) electrons. The second-order valence-electron chi connectivity index (χ2n) is 4.99. The topological polar surface area (TPSA) is 128 Å². The number of benzene rings is 2. The van der Waals surface area contributed by atoms with Crippen molar-refractivity contribution in [2.75, 3.05) is 19.0 Å². The summed E-state index contributed by atoms with van der Waals surface area (Å²) in [5, 5.41) is 2.51. The molecule has 2 amide bonds. The summed E-state index contributed by atoms with van der Waals surface area (Å²) < 4.78 is 31.4. The van der Waals surface area contributed by atoms with Gasteiger partial charge in [-0.05, 0) is 48.5 Å². The minimum Gasteiger partial charge on any atom is -0.497 e. The van der Waals surface area contributed by atoms with Crippen molar-refractivity contribution in [2.24, 2.45) is 5.73 Å². The first-order valence-electron chi connectivity index (χ1n) is 7.15. The number of primary amides is 1. The van der Waals surface area contributed by atoms with E-state index in [2.05, 4.69) is 10.0 Å². The highest BCUT2D eigenvalue weighted by molar-refractivity contribution is 7.89. The van der Waals surface area contributed by atoms with Crippen LogP contribution in [0.1, 0.15) is 10.4 Å². The summed E-state index contributed by atoms with van der Waals surface area (Å²) in [6, 6.07) is 11.7. The van der Waals surface area contributed by atoms with Crippen molar-refractivity contribution in [2.45, 2.75) is 4.90 Å². The highest BCUT2D eigenvalue weighted by Gasteiger charge is 2.15. The Bertz CT molecular complexity index is 862. The average Bonchev–Trinajstić information content (AvgIpc) is 2.60. The largest absolute Gasteiger partial charge is 0.497 e. The maximum Gasteiger partial charge on any atom is 0.248 e. The van der Waals surface area contributed by atoms with Gasteiger partial charge in [0.2, 0.25) is 21.8 Å². The first-order chi connectivity index (χ1) is 11.8. The van der Waals surface area contributed by atoms with E-state index in [4.69, 9.17) is 10.5 Å². The number of sulfonamides is 1. The lowest BCUT2D eigenvalue weighted by atomic mass is 10.2. The van der Waals surface area contributed by atoms with E-state index in [1.165, 1.54) is 55.6 Å². The molecule has 0 aliphatic heterocycles. The molecule has 0 fully saturated rings. The van der Waals surface area contributed by atoms with E-state index in [0.29, 0.717) is 17.0 Å².